The lowest BCUT2D eigenvalue weighted by molar-refractivity contribution is -0.130. The van der Waals surface area contributed by atoms with E-state index in [-0.39, 0.29) is 28.5 Å². The topological polar surface area (TPSA) is 69.7 Å². The van der Waals surface area contributed by atoms with Gasteiger partial charge in [-0.25, -0.2) is 8.42 Å². The first-order chi connectivity index (χ1) is 8.98. The van der Waals surface area contributed by atoms with E-state index in [2.05, 4.69) is 0 Å². The molecule has 0 aromatic heterocycles. The summed E-state index contributed by atoms with van der Waals surface area (Å²) in [5, 5.41) is -0.554. The molecule has 5 nitrogen and oxygen atoms in total. The van der Waals surface area contributed by atoms with Gasteiger partial charge in [0.2, 0.25) is 0 Å². The van der Waals surface area contributed by atoms with Gasteiger partial charge in [0.25, 0.3) is 0 Å². The van der Waals surface area contributed by atoms with Crippen molar-refractivity contribution in [1.82, 2.24) is 0 Å². The number of fused-ring (bicyclic) bond motifs is 2. The summed E-state index contributed by atoms with van der Waals surface area (Å²) in [6.07, 6.45) is 3.07. The van der Waals surface area contributed by atoms with Crippen LogP contribution in [0.2, 0.25) is 0 Å². The Hall–Kier alpha value is -0.460. The number of sulfone groups is 1. The van der Waals surface area contributed by atoms with Gasteiger partial charge in [-0.05, 0) is 25.7 Å². The highest BCUT2D eigenvalue weighted by Crippen LogP contribution is 2.41. The van der Waals surface area contributed by atoms with Gasteiger partial charge in [-0.15, -0.1) is 0 Å². The van der Waals surface area contributed by atoms with E-state index in [0.29, 0.717) is 25.7 Å². The highest BCUT2D eigenvalue weighted by Gasteiger charge is 2.48. The minimum atomic E-state index is -2.94. The number of hydrogen-bond donors (Lipinski definition) is 0. The van der Waals surface area contributed by atoms with E-state index in [0.717, 1.165) is 12.8 Å². The molecule has 0 spiro atoms. The van der Waals surface area contributed by atoms with E-state index in [1.807, 2.05) is 0 Å². The fourth-order valence-corrected chi connectivity index (χ4v) is 5.74. The summed E-state index contributed by atoms with van der Waals surface area (Å²) in [6.45, 7) is 0. The Morgan fingerprint density at radius 2 is 1.68 bits per heavy atom. The molecule has 0 amide bonds. The number of hydrogen-bond acceptors (Lipinski definition) is 5. The van der Waals surface area contributed by atoms with Crippen molar-refractivity contribution in [3.63, 3.8) is 0 Å². The summed E-state index contributed by atoms with van der Waals surface area (Å²) < 4.78 is 34.0. The third kappa shape index (κ3) is 3.01. The molecule has 0 radical (unpaired) electrons. The van der Waals surface area contributed by atoms with Gasteiger partial charge >= 0.3 is 0 Å². The molecular weight excluding hydrogens is 268 g/mol. The van der Waals surface area contributed by atoms with Gasteiger partial charge in [0, 0.05) is 33.0 Å². The molecule has 2 atom stereocenters. The highest BCUT2D eigenvalue weighted by molar-refractivity contribution is 7.93. The lowest BCUT2D eigenvalue weighted by Crippen LogP contribution is -2.36. The van der Waals surface area contributed by atoms with Crippen LogP contribution in [0.5, 0.6) is 0 Å². The standard InChI is InChI=1S/C13H22O5S/c1-17-13(18-2)6-5-12(14)9-7-10-3-4-11(8-9)19(10,15)16/h9-11,13H,3-8H2,1-2H3. The summed E-state index contributed by atoms with van der Waals surface area (Å²) in [5.41, 5.74) is 0. The zero-order valence-corrected chi connectivity index (χ0v) is 12.3. The Morgan fingerprint density at radius 1 is 1.16 bits per heavy atom. The predicted octanol–water partition coefficient (Wildman–Crippen LogP) is 1.31. The summed E-state index contributed by atoms with van der Waals surface area (Å²) in [5.74, 6) is 0.0706. The van der Waals surface area contributed by atoms with Gasteiger partial charge in [0.1, 0.15) is 5.78 Å². The Balaban J connectivity index is 1.89. The molecule has 0 aromatic carbocycles. The molecule has 2 heterocycles. The first-order valence-corrected chi connectivity index (χ1v) is 8.41. The number of rotatable bonds is 6. The molecule has 0 saturated carbocycles. The normalized spacial score (nSPS) is 32.7. The monoisotopic (exact) mass is 290 g/mol. The molecule has 0 aromatic rings. The molecule has 2 aliphatic rings. The minimum Gasteiger partial charge on any atom is -0.356 e. The molecule has 0 aliphatic carbocycles. The Kier molecular flexibility index (Phi) is 4.63. The average molecular weight is 290 g/mol. The summed E-state index contributed by atoms with van der Waals surface area (Å²) in [4.78, 5) is 12.2. The fourth-order valence-electron chi connectivity index (χ4n) is 3.27. The maximum absolute atomic E-state index is 12.2. The van der Waals surface area contributed by atoms with E-state index >= 15 is 0 Å². The Morgan fingerprint density at radius 3 is 2.16 bits per heavy atom. The SMILES string of the molecule is COC(CCC(=O)C1CC2CCC(C1)S2(=O)=O)OC. The molecule has 0 N–H and O–H groups in total. The van der Waals surface area contributed by atoms with Crippen molar-refractivity contribution in [3.8, 4) is 0 Å². The molecule has 2 rings (SSSR count). The van der Waals surface area contributed by atoms with E-state index in [4.69, 9.17) is 9.47 Å². The largest absolute Gasteiger partial charge is 0.356 e. The van der Waals surface area contributed by atoms with Crippen LogP contribution >= 0.6 is 0 Å². The van der Waals surface area contributed by atoms with Gasteiger partial charge in [-0.3, -0.25) is 4.79 Å². The second-order valence-corrected chi connectivity index (χ2v) is 8.00. The van der Waals surface area contributed by atoms with Crippen molar-refractivity contribution in [1.29, 1.82) is 0 Å². The van der Waals surface area contributed by atoms with Crippen LogP contribution in [0.25, 0.3) is 0 Å². The predicted molar refractivity (Wildman–Crippen MR) is 70.5 cm³/mol. The van der Waals surface area contributed by atoms with Gasteiger partial charge < -0.3 is 9.47 Å². The number of ketones is 1. The third-order valence-electron chi connectivity index (χ3n) is 4.44. The zero-order chi connectivity index (χ0) is 14.0. The van der Waals surface area contributed by atoms with Crippen molar-refractivity contribution >= 4 is 15.6 Å². The van der Waals surface area contributed by atoms with Crippen molar-refractivity contribution in [2.45, 2.75) is 55.3 Å². The van der Waals surface area contributed by atoms with Crippen molar-refractivity contribution in [3.05, 3.63) is 0 Å². The van der Waals surface area contributed by atoms with E-state index in [9.17, 15) is 13.2 Å². The molecule has 2 saturated heterocycles. The first kappa shape index (κ1) is 14.9. The van der Waals surface area contributed by atoms with E-state index in [1.165, 1.54) is 0 Å². The highest BCUT2D eigenvalue weighted by atomic mass is 32.2. The third-order valence-corrected chi connectivity index (χ3v) is 7.16. The molecule has 2 aliphatic heterocycles. The average Bonchev–Trinajstić information content (AvgIpc) is 2.60. The van der Waals surface area contributed by atoms with Crippen LogP contribution in [0.1, 0.15) is 38.5 Å². The van der Waals surface area contributed by atoms with E-state index < -0.39 is 9.84 Å². The molecule has 6 heteroatoms. The van der Waals surface area contributed by atoms with Gasteiger partial charge in [-0.2, -0.15) is 0 Å². The molecule has 2 unspecified atom stereocenters. The van der Waals surface area contributed by atoms with Crippen LogP contribution in [0, 0.1) is 5.92 Å². The van der Waals surface area contributed by atoms with Crippen molar-refractivity contribution in [2.24, 2.45) is 5.92 Å². The van der Waals surface area contributed by atoms with Gasteiger partial charge in [0.05, 0.1) is 10.5 Å². The minimum absolute atomic E-state index is 0.0876. The van der Waals surface area contributed by atoms with Crippen LogP contribution in [0.4, 0.5) is 0 Å². The van der Waals surface area contributed by atoms with Crippen LogP contribution in [0.3, 0.4) is 0 Å². The molecule has 110 valence electrons. The first-order valence-electron chi connectivity index (χ1n) is 6.80. The smallest absolute Gasteiger partial charge is 0.157 e. The number of Topliss-reactive ketones (excluding diaryl/α,β-unsaturated/α-hetero) is 1. The number of carbonyl (C=O) groups is 1. The van der Waals surface area contributed by atoms with E-state index in [1.54, 1.807) is 14.2 Å². The molecule has 2 fully saturated rings. The molecule has 2 bridgehead atoms. The van der Waals surface area contributed by atoms with Crippen molar-refractivity contribution < 1.29 is 22.7 Å². The van der Waals surface area contributed by atoms with Crippen molar-refractivity contribution in [2.75, 3.05) is 14.2 Å². The van der Waals surface area contributed by atoms with Crippen LogP contribution in [-0.2, 0) is 24.1 Å². The Bertz CT molecular complexity index is 406. The molecular formula is C13H22O5S. The number of methoxy groups -OCH3 is 2. The summed E-state index contributed by atoms with van der Waals surface area (Å²) in [7, 11) is 0.158. The lowest BCUT2D eigenvalue weighted by Gasteiger charge is -2.27. The van der Waals surface area contributed by atoms with Gasteiger partial charge in [0.15, 0.2) is 16.1 Å². The zero-order valence-electron chi connectivity index (χ0n) is 11.5. The van der Waals surface area contributed by atoms with Gasteiger partial charge in [-0.1, -0.05) is 0 Å². The van der Waals surface area contributed by atoms with Crippen LogP contribution < -0.4 is 0 Å². The summed E-state index contributed by atoms with van der Waals surface area (Å²) in [6, 6.07) is 0. The maximum atomic E-state index is 12.2. The van der Waals surface area contributed by atoms with Crippen LogP contribution in [0.15, 0.2) is 0 Å². The number of ether oxygens (including phenoxy) is 2. The number of carbonyl (C=O) groups excluding carboxylic acids is 1. The fraction of sp³-hybridized carbons (Fsp3) is 0.923. The second kappa shape index (κ2) is 5.89. The van der Waals surface area contributed by atoms with Crippen LogP contribution in [-0.4, -0.2) is 45.2 Å². The maximum Gasteiger partial charge on any atom is 0.157 e. The molecule has 19 heavy (non-hydrogen) atoms. The quantitative estimate of drug-likeness (QED) is 0.690. The Labute approximate surface area is 114 Å². The lowest BCUT2D eigenvalue weighted by atomic mass is 9.92. The second-order valence-electron chi connectivity index (χ2n) is 5.48. The summed E-state index contributed by atoms with van der Waals surface area (Å²) >= 11 is 0.